The molecule has 74 valence electrons. The number of rotatable bonds is 3. The first-order valence-electron chi connectivity index (χ1n) is 4.33. The molecule has 5 nitrogen and oxygen atoms in total. The fraction of sp³-hybridized carbons (Fsp3) is 0.750. The van der Waals surface area contributed by atoms with Gasteiger partial charge in [-0.3, -0.25) is 9.59 Å². The fourth-order valence-electron chi connectivity index (χ4n) is 1.22. The predicted octanol–water partition coefficient (Wildman–Crippen LogP) is -0.733. The van der Waals surface area contributed by atoms with Crippen LogP contribution in [0, 0.1) is 5.92 Å². The van der Waals surface area contributed by atoms with Crippen molar-refractivity contribution in [2.24, 2.45) is 11.7 Å². The molecule has 0 radical (unpaired) electrons. The van der Waals surface area contributed by atoms with Gasteiger partial charge < -0.3 is 15.7 Å². The van der Waals surface area contributed by atoms with Crippen molar-refractivity contribution in [1.29, 1.82) is 0 Å². The summed E-state index contributed by atoms with van der Waals surface area (Å²) in [6.07, 6.45) is 0.590. The van der Waals surface area contributed by atoms with E-state index >= 15 is 0 Å². The minimum atomic E-state index is -0.839. The summed E-state index contributed by atoms with van der Waals surface area (Å²) in [5.74, 6) is -1.37. The summed E-state index contributed by atoms with van der Waals surface area (Å²) in [6.45, 7) is 2.45. The standard InChI is InChI=1S/C8H14N2O3/c1-2-6(9)7(11)10-3-5(4-10)8(12)13/h5-6H,2-4,9H2,1H3,(H,12,13)/t6-/m0/s1. The summed E-state index contributed by atoms with van der Waals surface area (Å²) in [5.41, 5.74) is 5.51. The van der Waals surface area contributed by atoms with Crippen molar-refractivity contribution in [1.82, 2.24) is 4.90 Å². The molecule has 1 amide bonds. The summed E-state index contributed by atoms with van der Waals surface area (Å²) in [6, 6.07) is -0.477. The highest BCUT2D eigenvalue weighted by Gasteiger charge is 2.36. The number of hydrogen-bond donors (Lipinski definition) is 2. The van der Waals surface area contributed by atoms with Crippen LogP contribution < -0.4 is 5.73 Å². The van der Waals surface area contributed by atoms with Crippen LogP contribution in [0.2, 0.25) is 0 Å². The summed E-state index contributed by atoms with van der Waals surface area (Å²) in [5, 5.41) is 8.56. The highest BCUT2D eigenvalue weighted by Crippen LogP contribution is 2.16. The Morgan fingerprint density at radius 2 is 2.15 bits per heavy atom. The maximum absolute atomic E-state index is 11.3. The molecule has 1 heterocycles. The van der Waals surface area contributed by atoms with Crippen molar-refractivity contribution in [2.45, 2.75) is 19.4 Å². The van der Waals surface area contributed by atoms with E-state index in [9.17, 15) is 9.59 Å². The van der Waals surface area contributed by atoms with Crippen LogP contribution in [0.3, 0.4) is 0 Å². The lowest BCUT2D eigenvalue weighted by Crippen LogP contribution is -2.57. The maximum atomic E-state index is 11.3. The van der Waals surface area contributed by atoms with Gasteiger partial charge in [0, 0.05) is 13.1 Å². The molecule has 5 heteroatoms. The minimum Gasteiger partial charge on any atom is -0.481 e. The van der Waals surface area contributed by atoms with Crippen molar-refractivity contribution in [3.63, 3.8) is 0 Å². The second-order valence-corrected chi connectivity index (χ2v) is 3.29. The second kappa shape index (κ2) is 3.74. The van der Waals surface area contributed by atoms with E-state index in [-0.39, 0.29) is 5.91 Å². The lowest BCUT2D eigenvalue weighted by molar-refractivity contribution is -0.153. The molecule has 3 N–H and O–H groups in total. The van der Waals surface area contributed by atoms with Gasteiger partial charge in [0.2, 0.25) is 5.91 Å². The third kappa shape index (κ3) is 1.98. The molecule has 0 bridgehead atoms. The molecule has 0 aromatic rings. The van der Waals surface area contributed by atoms with Crippen LogP contribution in [0.25, 0.3) is 0 Å². The van der Waals surface area contributed by atoms with Gasteiger partial charge in [0.05, 0.1) is 12.0 Å². The van der Waals surface area contributed by atoms with Gasteiger partial charge in [-0.1, -0.05) is 6.92 Å². The van der Waals surface area contributed by atoms with Crippen molar-refractivity contribution < 1.29 is 14.7 Å². The van der Waals surface area contributed by atoms with Gasteiger partial charge in [0.25, 0.3) is 0 Å². The Kier molecular flexibility index (Phi) is 2.87. The number of aliphatic carboxylic acids is 1. The lowest BCUT2D eigenvalue weighted by atomic mass is 9.99. The Morgan fingerprint density at radius 3 is 2.54 bits per heavy atom. The van der Waals surface area contributed by atoms with E-state index in [2.05, 4.69) is 0 Å². The minimum absolute atomic E-state index is 0.139. The Morgan fingerprint density at radius 1 is 1.62 bits per heavy atom. The van der Waals surface area contributed by atoms with Crippen LogP contribution in [0.15, 0.2) is 0 Å². The van der Waals surface area contributed by atoms with Crippen LogP contribution in [-0.4, -0.2) is 41.0 Å². The van der Waals surface area contributed by atoms with E-state index in [1.165, 1.54) is 4.90 Å². The van der Waals surface area contributed by atoms with Crippen LogP contribution in [0.1, 0.15) is 13.3 Å². The fourth-order valence-corrected chi connectivity index (χ4v) is 1.22. The number of carbonyl (C=O) groups is 2. The zero-order chi connectivity index (χ0) is 10.0. The van der Waals surface area contributed by atoms with E-state index in [1.807, 2.05) is 6.92 Å². The van der Waals surface area contributed by atoms with Crippen molar-refractivity contribution in [3.05, 3.63) is 0 Å². The van der Waals surface area contributed by atoms with E-state index in [0.717, 1.165) is 0 Å². The predicted molar refractivity (Wildman–Crippen MR) is 46.0 cm³/mol. The highest BCUT2D eigenvalue weighted by atomic mass is 16.4. The maximum Gasteiger partial charge on any atom is 0.310 e. The smallest absolute Gasteiger partial charge is 0.310 e. The molecule has 1 atom stereocenters. The third-order valence-electron chi connectivity index (χ3n) is 2.30. The molecule has 0 aromatic heterocycles. The van der Waals surface area contributed by atoms with Gasteiger partial charge in [-0.05, 0) is 6.42 Å². The largest absolute Gasteiger partial charge is 0.481 e. The number of likely N-dealkylation sites (tertiary alicyclic amines) is 1. The zero-order valence-corrected chi connectivity index (χ0v) is 7.56. The highest BCUT2D eigenvalue weighted by molar-refractivity contribution is 5.84. The Hall–Kier alpha value is -1.10. The molecule has 0 aromatic carbocycles. The van der Waals surface area contributed by atoms with E-state index in [1.54, 1.807) is 0 Å². The van der Waals surface area contributed by atoms with E-state index in [4.69, 9.17) is 10.8 Å². The SMILES string of the molecule is CC[C@H](N)C(=O)N1CC(C(=O)O)C1. The molecule has 1 aliphatic rings. The molecule has 13 heavy (non-hydrogen) atoms. The van der Waals surface area contributed by atoms with Gasteiger partial charge in [-0.15, -0.1) is 0 Å². The summed E-state index contributed by atoms with van der Waals surface area (Å²) >= 11 is 0. The van der Waals surface area contributed by atoms with Gasteiger partial charge in [-0.25, -0.2) is 0 Å². The monoisotopic (exact) mass is 186 g/mol. The molecule has 1 fully saturated rings. The van der Waals surface area contributed by atoms with Crippen LogP contribution in [0.4, 0.5) is 0 Å². The van der Waals surface area contributed by atoms with E-state index in [0.29, 0.717) is 19.5 Å². The number of carboxylic acids is 1. The Bertz CT molecular complexity index is 223. The first-order chi connectivity index (χ1) is 6.06. The summed E-state index contributed by atoms with van der Waals surface area (Å²) in [7, 11) is 0. The summed E-state index contributed by atoms with van der Waals surface area (Å²) in [4.78, 5) is 23.2. The van der Waals surface area contributed by atoms with Gasteiger partial charge in [-0.2, -0.15) is 0 Å². The normalized spacial score (nSPS) is 19.4. The number of carboxylic acid groups (broad SMARTS) is 1. The van der Waals surface area contributed by atoms with Crippen molar-refractivity contribution in [2.75, 3.05) is 13.1 Å². The molecule has 1 aliphatic heterocycles. The van der Waals surface area contributed by atoms with E-state index < -0.39 is 17.9 Å². The summed E-state index contributed by atoms with van der Waals surface area (Å²) < 4.78 is 0. The van der Waals surface area contributed by atoms with Gasteiger partial charge >= 0.3 is 5.97 Å². The number of amides is 1. The molecule has 0 unspecified atom stereocenters. The number of nitrogens with zero attached hydrogens (tertiary/aromatic N) is 1. The third-order valence-corrected chi connectivity index (χ3v) is 2.30. The lowest BCUT2D eigenvalue weighted by Gasteiger charge is -2.37. The molecular weight excluding hydrogens is 172 g/mol. The molecule has 0 saturated carbocycles. The number of hydrogen-bond acceptors (Lipinski definition) is 3. The molecule has 1 rings (SSSR count). The van der Waals surface area contributed by atoms with Gasteiger partial charge in [0.1, 0.15) is 0 Å². The molecular formula is C8H14N2O3. The van der Waals surface area contributed by atoms with Crippen LogP contribution in [0.5, 0.6) is 0 Å². The van der Waals surface area contributed by atoms with Crippen LogP contribution in [-0.2, 0) is 9.59 Å². The topological polar surface area (TPSA) is 83.6 Å². The first kappa shape index (κ1) is 9.98. The van der Waals surface area contributed by atoms with Crippen molar-refractivity contribution >= 4 is 11.9 Å². The van der Waals surface area contributed by atoms with Gasteiger partial charge in [0.15, 0.2) is 0 Å². The number of nitrogens with two attached hydrogens (primary N) is 1. The molecule has 0 spiro atoms. The molecule has 1 saturated heterocycles. The van der Waals surface area contributed by atoms with Crippen LogP contribution >= 0.6 is 0 Å². The average molecular weight is 186 g/mol. The zero-order valence-electron chi connectivity index (χ0n) is 7.56. The quantitative estimate of drug-likeness (QED) is 0.608. The number of carbonyl (C=O) groups excluding carboxylic acids is 1. The first-order valence-corrected chi connectivity index (χ1v) is 4.33. The average Bonchev–Trinajstić information content (AvgIpc) is 1.99. The Balaban J connectivity index is 2.35. The van der Waals surface area contributed by atoms with Crippen molar-refractivity contribution in [3.8, 4) is 0 Å². The Labute approximate surface area is 76.5 Å². The second-order valence-electron chi connectivity index (χ2n) is 3.29. The molecule has 0 aliphatic carbocycles.